The van der Waals surface area contributed by atoms with E-state index >= 15 is 0 Å². The van der Waals surface area contributed by atoms with E-state index < -0.39 is 0 Å². The summed E-state index contributed by atoms with van der Waals surface area (Å²) in [6, 6.07) is 5.52. The second-order valence-electron chi connectivity index (χ2n) is 3.66. The van der Waals surface area contributed by atoms with Crippen LogP contribution in [0.25, 0.3) is 11.4 Å². The molecular weight excluding hydrogens is 466 g/mol. The molecule has 2 aromatic rings. The molecule has 0 aliphatic rings. The van der Waals surface area contributed by atoms with E-state index in [4.69, 9.17) is 27.9 Å². The zero-order valence-electron chi connectivity index (χ0n) is 9.75. The number of nitrogens with zero attached hydrogens (tertiary/aromatic N) is 2. The summed E-state index contributed by atoms with van der Waals surface area (Å²) < 4.78 is 6.73. The number of rotatable bonds is 3. The Balaban J connectivity index is 2.52. The highest BCUT2D eigenvalue weighted by Crippen LogP contribution is 2.29. The van der Waals surface area contributed by atoms with Crippen molar-refractivity contribution in [1.82, 2.24) is 9.97 Å². The van der Waals surface area contributed by atoms with E-state index in [1.54, 1.807) is 13.2 Å². The minimum Gasteiger partial charge on any atom is -0.378 e. The smallest absolute Gasteiger partial charge is 0.161 e. The van der Waals surface area contributed by atoms with Crippen molar-refractivity contribution in [3.05, 3.63) is 42.1 Å². The van der Waals surface area contributed by atoms with Gasteiger partial charge in [0.1, 0.15) is 5.15 Å². The van der Waals surface area contributed by atoms with Gasteiger partial charge in [0.15, 0.2) is 5.82 Å². The minimum absolute atomic E-state index is 0.387. The Morgan fingerprint density at radius 1 is 1.32 bits per heavy atom. The van der Waals surface area contributed by atoms with E-state index in [0.717, 1.165) is 19.3 Å². The molecule has 7 heteroatoms. The first-order valence-corrected chi connectivity index (χ1v) is 7.82. The van der Waals surface area contributed by atoms with Gasteiger partial charge in [-0.1, -0.05) is 23.2 Å². The van der Waals surface area contributed by atoms with Gasteiger partial charge in [0, 0.05) is 17.1 Å². The lowest BCUT2D eigenvalue weighted by molar-refractivity contribution is 0.181. The quantitative estimate of drug-likeness (QED) is 0.466. The zero-order valence-corrected chi connectivity index (χ0v) is 15.0. The van der Waals surface area contributed by atoms with Crippen LogP contribution in [-0.2, 0) is 11.3 Å². The maximum Gasteiger partial charge on any atom is 0.161 e. The molecule has 0 unspecified atom stereocenters. The fourth-order valence-electron chi connectivity index (χ4n) is 1.46. The summed E-state index contributed by atoms with van der Waals surface area (Å²) in [5.41, 5.74) is 1.57. The average Bonchev–Trinajstić information content (AvgIpc) is 2.38. The van der Waals surface area contributed by atoms with Crippen molar-refractivity contribution >= 4 is 61.7 Å². The van der Waals surface area contributed by atoms with E-state index in [1.165, 1.54) is 0 Å². The molecule has 0 saturated heterocycles. The molecule has 1 heterocycles. The van der Waals surface area contributed by atoms with Crippen LogP contribution in [0.3, 0.4) is 0 Å². The third-order valence-corrected chi connectivity index (χ3v) is 5.30. The summed E-state index contributed by atoms with van der Waals surface area (Å²) in [6.07, 6.45) is 0. The van der Waals surface area contributed by atoms with Gasteiger partial charge in [-0.2, -0.15) is 0 Å². The van der Waals surface area contributed by atoms with E-state index in [9.17, 15) is 0 Å². The van der Waals surface area contributed by atoms with Gasteiger partial charge in [0.05, 0.1) is 20.9 Å². The molecule has 100 valence electrons. The fourth-order valence-corrected chi connectivity index (χ4v) is 2.47. The maximum atomic E-state index is 6.12. The maximum absolute atomic E-state index is 6.12. The van der Waals surface area contributed by atoms with Crippen molar-refractivity contribution in [2.24, 2.45) is 0 Å². The highest BCUT2D eigenvalue weighted by Gasteiger charge is 2.12. The van der Waals surface area contributed by atoms with Crippen LogP contribution in [0, 0.1) is 3.57 Å². The molecule has 0 amide bonds. The summed E-state index contributed by atoms with van der Waals surface area (Å²) >= 11 is 17.6. The van der Waals surface area contributed by atoms with Crippen LogP contribution in [-0.4, -0.2) is 17.1 Å². The molecule has 19 heavy (non-hydrogen) atoms. The Morgan fingerprint density at radius 2 is 2.05 bits per heavy atom. The second-order valence-corrected chi connectivity index (χ2v) is 6.36. The van der Waals surface area contributed by atoms with Gasteiger partial charge in [0.2, 0.25) is 0 Å². The molecule has 0 saturated carbocycles. The van der Waals surface area contributed by atoms with Crippen LogP contribution >= 0.6 is 61.7 Å². The molecule has 0 aliphatic carbocycles. The van der Waals surface area contributed by atoms with Crippen LogP contribution < -0.4 is 0 Å². The highest BCUT2D eigenvalue weighted by atomic mass is 127. The molecule has 3 nitrogen and oxygen atoms in total. The molecule has 2 rings (SSSR count). The predicted octanol–water partition coefficient (Wildman–Crippen LogP) is 4.96. The Labute approximate surface area is 143 Å². The average molecular weight is 474 g/mol. The minimum atomic E-state index is 0.387. The summed E-state index contributed by atoms with van der Waals surface area (Å²) in [7, 11) is 1.61. The lowest BCUT2D eigenvalue weighted by Gasteiger charge is -2.08. The molecule has 0 spiro atoms. The number of benzene rings is 1. The van der Waals surface area contributed by atoms with E-state index in [2.05, 4.69) is 48.5 Å². The number of hydrogen-bond acceptors (Lipinski definition) is 3. The van der Waals surface area contributed by atoms with Gasteiger partial charge < -0.3 is 4.74 Å². The van der Waals surface area contributed by atoms with Crippen LogP contribution in [0.15, 0.2) is 22.7 Å². The number of hydrogen-bond donors (Lipinski definition) is 0. The summed E-state index contributed by atoms with van der Waals surface area (Å²) in [5, 5.41) is 1.01. The van der Waals surface area contributed by atoms with Crippen molar-refractivity contribution in [2.45, 2.75) is 6.61 Å². The molecule has 0 atom stereocenters. The highest BCUT2D eigenvalue weighted by molar-refractivity contribution is 14.1. The lowest BCUT2D eigenvalue weighted by Crippen LogP contribution is -2.02. The zero-order chi connectivity index (χ0) is 14.0. The Morgan fingerprint density at radius 3 is 2.68 bits per heavy atom. The molecule has 1 aromatic heterocycles. The molecule has 0 bridgehead atoms. The van der Waals surface area contributed by atoms with Crippen LogP contribution in [0.1, 0.15) is 5.69 Å². The SMILES string of the molecule is COCc1nc(-c2ccc(Br)c(Cl)c2)nc(Cl)c1I. The third kappa shape index (κ3) is 3.58. The third-order valence-electron chi connectivity index (χ3n) is 2.34. The van der Waals surface area contributed by atoms with Crippen LogP contribution in [0.2, 0.25) is 10.2 Å². The summed E-state index contributed by atoms with van der Waals surface area (Å²) in [5.74, 6) is 0.534. The first-order chi connectivity index (χ1) is 9.02. The lowest BCUT2D eigenvalue weighted by atomic mass is 10.2. The number of ether oxygens (including phenoxy) is 1. The van der Waals surface area contributed by atoms with Crippen LogP contribution in [0.4, 0.5) is 0 Å². The topological polar surface area (TPSA) is 35.0 Å². The van der Waals surface area contributed by atoms with Crippen molar-refractivity contribution < 1.29 is 4.74 Å². The standard InChI is InChI=1S/C12H8BrCl2IN2O/c1-19-5-9-10(16)11(15)18-12(17-9)6-2-3-7(13)8(14)4-6/h2-4H,5H2,1H3. The van der Waals surface area contributed by atoms with Crippen molar-refractivity contribution in [3.8, 4) is 11.4 Å². The molecule has 0 fully saturated rings. The van der Waals surface area contributed by atoms with Gasteiger partial charge in [-0.15, -0.1) is 0 Å². The van der Waals surface area contributed by atoms with Gasteiger partial charge in [-0.3, -0.25) is 0 Å². The van der Waals surface area contributed by atoms with E-state index in [0.29, 0.717) is 22.6 Å². The number of aromatic nitrogens is 2. The van der Waals surface area contributed by atoms with E-state index in [1.807, 2.05) is 12.1 Å². The molecular formula is C12H8BrCl2IN2O. The van der Waals surface area contributed by atoms with Gasteiger partial charge >= 0.3 is 0 Å². The Kier molecular flexibility index (Phi) is 5.42. The van der Waals surface area contributed by atoms with Crippen molar-refractivity contribution in [1.29, 1.82) is 0 Å². The summed E-state index contributed by atoms with van der Waals surface area (Å²) in [6.45, 7) is 0.387. The first kappa shape index (κ1) is 15.4. The Bertz CT molecular complexity index is 625. The molecule has 0 aliphatic heterocycles. The normalized spacial score (nSPS) is 10.8. The van der Waals surface area contributed by atoms with Crippen LogP contribution in [0.5, 0.6) is 0 Å². The second kappa shape index (κ2) is 6.67. The number of methoxy groups -OCH3 is 1. The molecule has 1 aromatic carbocycles. The first-order valence-electron chi connectivity index (χ1n) is 5.19. The van der Waals surface area contributed by atoms with Crippen molar-refractivity contribution in [2.75, 3.05) is 7.11 Å². The largest absolute Gasteiger partial charge is 0.378 e. The predicted molar refractivity (Wildman–Crippen MR) is 88.6 cm³/mol. The Hall–Kier alpha value is 0.0500. The summed E-state index contributed by atoms with van der Waals surface area (Å²) in [4.78, 5) is 8.74. The van der Waals surface area contributed by atoms with Gasteiger partial charge in [-0.05, 0) is 56.7 Å². The van der Waals surface area contributed by atoms with Gasteiger partial charge in [0.25, 0.3) is 0 Å². The molecule has 0 N–H and O–H groups in total. The monoisotopic (exact) mass is 472 g/mol. The molecule has 0 radical (unpaired) electrons. The number of halogens is 4. The van der Waals surface area contributed by atoms with Crippen molar-refractivity contribution in [3.63, 3.8) is 0 Å². The van der Waals surface area contributed by atoms with E-state index in [-0.39, 0.29) is 0 Å². The van der Waals surface area contributed by atoms with Gasteiger partial charge in [-0.25, -0.2) is 9.97 Å². The fraction of sp³-hybridized carbons (Fsp3) is 0.167.